The van der Waals surface area contributed by atoms with Crippen LogP contribution >= 0.6 is 0 Å². The van der Waals surface area contributed by atoms with E-state index in [1.807, 2.05) is 50.7 Å². The lowest BCUT2D eigenvalue weighted by atomic mass is 10.0. The lowest BCUT2D eigenvalue weighted by molar-refractivity contribution is -0.139. The Balaban J connectivity index is 0.000000223. The standard InChI is InChI=1S/C29H29F3N6O2.C22H26F3N3O.C8H7N3O/c1-19-3-4-21(13-20(19)5-8-24-16-35-25(17-34-24)15-27(33)39)28(40)36-23-7-6-22(26(14-23)29(30,31)32)18-38-11-9-37(2)10-12-38;1-15-4-5-17(12-16(15)2)21(29)26-19-7-6-18(20(13-19)22(23,24)25)14-28-10-8-27(3)9-11-28;1-2-6-4-11-7(5-10-6)3-8(9)12/h3-4,6-7,13-14,16-17H,9-12,15,18H2,1-2H3,(H2,33,39)(H,36,40);4-7,12-13H,8-11,14H2,1-3H3,(H,26,29);1,4-5H,3H2,(H2,9,12). The van der Waals surface area contributed by atoms with Crippen LogP contribution in [0.3, 0.4) is 0 Å². The van der Waals surface area contributed by atoms with Gasteiger partial charge < -0.3 is 31.9 Å². The molecule has 0 radical (unpaired) electrons. The van der Waals surface area contributed by atoms with Crippen LogP contribution in [0.5, 0.6) is 0 Å². The molecule has 6 aromatic rings. The summed E-state index contributed by atoms with van der Waals surface area (Å²) in [6.07, 6.45) is 1.79. The number of hydrogen-bond acceptors (Lipinski definition) is 12. The fraction of sp³-hybridized carbons (Fsp3) is 0.322. The van der Waals surface area contributed by atoms with Gasteiger partial charge in [-0.1, -0.05) is 30.2 Å². The van der Waals surface area contributed by atoms with Gasteiger partial charge in [0.25, 0.3) is 11.8 Å². The van der Waals surface area contributed by atoms with Crippen LogP contribution in [0.4, 0.5) is 37.7 Å². The number of likely N-dealkylation sites (N-methyl/N-ethyl adjacent to an activating group) is 2. The quantitative estimate of drug-likeness (QED) is 0.0719. The number of nitrogens with zero attached hydrogens (tertiary/aromatic N) is 8. The fourth-order valence-corrected chi connectivity index (χ4v) is 8.31. The fourth-order valence-electron chi connectivity index (χ4n) is 8.31. The second-order valence-electron chi connectivity index (χ2n) is 19.6. The largest absolute Gasteiger partial charge is 0.416 e. The first kappa shape index (κ1) is 61.7. The van der Waals surface area contributed by atoms with Crippen molar-refractivity contribution in [1.82, 2.24) is 39.5 Å². The number of rotatable bonds is 12. The van der Waals surface area contributed by atoms with Crippen LogP contribution < -0.4 is 22.1 Å². The molecule has 8 rings (SSSR count). The number of aryl methyl sites for hydroxylation is 3. The molecule has 0 atom stereocenters. The van der Waals surface area contributed by atoms with Crippen molar-refractivity contribution in [1.29, 1.82) is 0 Å². The number of halogens is 6. The second-order valence-corrected chi connectivity index (χ2v) is 19.6. The Kier molecular flexibility index (Phi) is 21.4. The summed E-state index contributed by atoms with van der Waals surface area (Å²) in [6, 6.07) is 18.0. The molecule has 22 heteroatoms. The summed E-state index contributed by atoms with van der Waals surface area (Å²) in [7, 11) is 3.99. The minimum atomic E-state index is -4.56. The molecule has 2 aromatic heterocycles. The summed E-state index contributed by atoms with van der Waals surface area (Å²) in [5.41, 5.74) is 15.0. The number of carbonyl (C=O) groups is 4. The zero-order valence-electron chi connectivity index (χ0n) is 45.4. The van der Waals surface area contributed by atoms with Gasteiger partial charge >= 0.3 is 12.4 Å². The second kappa shape index (κ2) is 28.1. The summed E-state index contributed by atoms with van der Waals surface area (Å²) in [5.74, 6) is 6.19. The van der Waals surface area contributed by atoms with Gasteiger partial charge in [0.15, 0.2) is 0 Å². The Morgan fingerprint density at radius 1 is 0.543 bits per heavy atom. The zero-order chi connectivity index (χ0) is 59.0. The number of nitrogens with two attached hydrogens (primary N) is 2. The molecule has 0 aliphatic carbocycles. The van der Waals surface area contributed by atoms with Gasteiger partial charge in [-0.15, -0.1) is 6.42 Å². The zero-order valence-corrected chi connectivity index (χ0v) is 45.4. The molecular weight excluding hydrogens is 1050 g/mol. The maximum absolute atomic E-state index is 13.9. The Labute approximate surface area is 466 Å². The number of terminal acetylenes is 1. The molecule has 81 heavy (non-hydrogen) atoms. The Morgan fingerprint density at radius 3 is 1.37 bits per heavy atom. The predicted octanol–water partition coefficient (Wildman–Crippen LogP) is 7.04. The molecule has 2 aliphatic rings. The highest BCUT2D eigenvalue weighted by Crippen LogP contribution is 2.36. The maximum Gasteiger partial charge on any atom is 0.416 e. The molecule has 0 bridgehead atoms. The molecule has 4 heterocycles. The monoisotopic (exact) mass is 1120 g/mol. The molecule has 424 valence electrons. The van der Waals surface area contributed by atoms with E-state index in [4.69, 9.17) is 17.9 Å². The highest BCUT2D eigenvalue weighted by molar-refractivity contribution is 6.05. The van der Waals surface area contributed by atoms with E-state index in [1.165, 1.54) is 43.0 Å². The number of benzene rings is 4. The van der Waals surface area contributed by atoms with Crippen LogP contribution in [0.2, 0.25) is 0 Å². The number of anilines is 2. The first-order chi connectivity index (χ1) is 38.3. The summed E-state index contributed by atoms with van der Waals surface area (Å²) >= 11 is 0. The van der Waals surface area contributed by atoms with Gasteiger partial charge in [-0.2, -0.15) is 26.3 Å². The summed E-state index contributed by atoms with van der Waals surface area (Å²) < 4.78 is 82.7. The van der Waals surface area contributed by atoms with Crippen LogP contribution in [0, 0.1) is 45.0 Å². The van der Waals surface area contributed by atoms with Gasteiger partial charge in [0.05, 0.1) is 60.1 Å². The van der Waals surface area contributed by atoms with Crippen molar-refractivity contribution >= 4 is 35.0 Å². The molecule has 0 saturated carbocycles. The van der Waals surface area contributed by atoms with Crippen molar-refractivity contribution in [3.8, 4) is 24.2 Å². The molecule has 0 spiro atoms. The number of hydrogen-bond donors (Lipinski definition) is 4. The number of aromatic nitrogens is 4. The molecule has 2 aliphatic heterocycles. The Morgan fingerprint density at radius 2 is 0.975 bits per heavy atom. The third-order valence-corrected chi connectivity index (χ3v) is 13.2. The molecule has 0 unspecified atom stereocenters. The van der Waals surface area contributed by atoms with Gasteiger partial charge in [0.1, 0.15) is 11.4 Å². The van der Waals surface area contributed by atoms with Crippen molar-refractivity contribution < 1.29 is 45.5 Å². The molecule has 16 nitrogen and oxygen atoms in total. The van der Waals surface area contributed by atoms with Crippen LogP contribution in [0.1, 0.15) is 88.0 Å². The molecule has 6 N–H and O–H groups in total. The number of piperazine rings is 2. The van der Waals surface area contributed by atoms with Crippen LogP contribution in [-0.2, 0) is 47.9 Å². The normalized spacial score (nSPS) is 14.1. The molecule has 4 aromatic carbocycles. The summed E-state index contributed by atoms with van der Waals surface area (Å²) in [6.45, 7) is 12.2. The highest BCUT2D eigenvalue weighted by Gasteiger charge is 2.36. The third kappa shape index (κ3) is 19.1. The number of nitrogens with one attached hydrogen (secondary N) is 2. The van der Waals surface area contributed by atoms with Gasteiger partial charge in [0, 0.05) is 93.5 Å². The van der Waals surface area contributed by atoms with E-state index >= 15 is 0 Å². The number of alkyl halides is 6. The SMILES string of the molecule is C#Cc1cnc(CC(N)=O)cn1.Cc1ccc(C(=O)Nc2ccc(CN3CCN(C)CC3)c(C(F)(F)F)c2)cc1C.Cc1ccc(C(=O)Nc2ccc(CN3CCN(C)CC3)c(C(F)(F)F)c2)cc1C#Cc1cnc(CC(N)=O)cn1. The van der Waals surface area contributed by atoms with E-state index in [9.17, 15) is 45.5 Å². The van der Waals surface area contributed by atoms with Crippen molar-refractivity contribution in [3.05, 3.63) is 176 Å². The number of carbonyl (C=O) groups excluding carboxylic acids is 4. The van der Waals surface area contributed by atoms with E-state index in [0.29, 0.717) is 47.0 Å². The predicted molar refractivity (Wildman–Crippen MR) is 295 cm³/mol. The molecular formula is C59H62F6N12O4. The Hall–Kier alpha value is -8.54. The smallest absolute Gasteiger partial charge is 0.369 e. The number of amides is 4. The topological polar surface area (TPSA) is 209 Å². The van der Waals surface area contributed by atoms with Gasteiger partial charge in [-0.05, 0) is 123 Å². The molecule has 4 amide bonds. The van der Waals surface area contributed by atoms with Crippen molar-refractivity contribution in [2.45, 2.75) is 59.1 Å². The van der Waals surface area contributed by atoms with Crippen molar-refractivity contribution in [2.75, 3.05) is 77.1 Å². The number of primary amides is 2. The molecule has 2 fully saturated rings. The molecule has 2 saturated heterocycles. The summed E-state index contributed by atoms with van der Waals surface area (Å²) in [5, 5.41) is 5.18. The van der Waals surface area contributed by atoms with Gasteiger partial charge in [-0.25, -0.2) is 9.97 Å². The maximum atomic E-state index is 13.9. The highest BCUT2D eigenvalue weighted by atomic mass is 19.4. The summed E-state index contributed by atoms with van der Waals surface area (Å²) in [4.78, 5) is 71.2. The average Bonchev–Trinajstić information content (AvgIpc) is 3.55. The Bertz CT molecular complexity index is 3300. The minimum Gasteiger partial charge on any atom is -0.369 e. The third-order valence-electron chi connectivity index (χ3n) is 13.2. The lowest BCUT2D eigenvalue weighted by Crippen LogP contribution is -2.44. The van der Waals surface area contributed by atoms with Crippen molar-refractivity contribution in [3.63, 3.8) is 0 Å². The lowest BCUT2D eigenvalue weighted by Gasteiger charge is -2.33. The van der Waals surface area contributed by atoms with E-state index in [1.54, 1.807) is 36.4 Å². The van der Waals surface area contributed by atoms with Crippen LogP contribution in [-0.4, -0.2) is 130 Å². The van der Waals surface area contributed by atoms with Gasteiger partial charge in [0.2, 0.25) is 11.8 Å². The van der Waals surface area contributed by atoms with Crippen LogP contribution in [0.15, 0.2) is 97.6 Å². The van der Waals surface area contributed by atoms with Crippen molar-refractivity contribution in [2.24, 2.45) is 11.5 Å². The van der Waals surface area contributed by atoms with E-state index in [0.717, 1.165) is 68.1 Å². The average molecular weight is 1120 g/mol. The minimum absolute atomic E-state index is 0.0274. The van der Waals surface area contributed by atoms with E-state index in [-0.39, 0.29) is 54.0 Å². The van der Waals surface area contributed by atoms with Crippen LogP contribution in [0.25, 0.3) is 0 Å². The van der Waals surface area contributed by atoms with Gasteiger partial charge in [-0.3, -0.25) is 38.9 Å². The van der Waals surface area contributed by atoms with E-state index < -0.39 is 47.1 Å². The first-order valence-electron chi connectivity index (χ1n) is 25.5. The first-order valence-corrected chi connectivity index (χ1v) is 25.5. The van der Waals surface area contributed by atoms with E-state index in [2.05, 4.69) is 58.1 Å².